The van der Waals surface area contributed by atoms with Crippen LogP contribution in [0.15, 0.2) is 24.3 Å². The van der Waals surface area contributed by atoms with Gasteiger partial charge < -0.3 is 19.7 Å². The van der Waals surface area contributed by atoms with E-state index in [1.54, 1.807) is 4.90 Å². The van der Waals surface area contributed by atoms with Gasteiger partial charge in [0.15, 0.2) is 0 Å². The molecule has 1 N–H and O–H groups in total. The number of ether oxygens (including phenoxy) is 2. The number of rotatable bonds is 5. The van der Waals surface area contributed by atoms with Gasteiger partial charge in [-0.15, -0.1) is 0 Å². The van der Waals surface area contributed by atoms with Crippen molar-refractivity contribution in [2.75, 3.05) is 39.5 Å². The lowest BCUT2D eigenvalue weighted by Gasteiger charge is -2.33. The summed E-state index contributed by atoms with van der Waals surface area (Å²) >= 11 is 5.89. The Morgan fingerprint density at radius 3 is 2.95 bits per heavy atom. The molecule has 2 amide bonds. The van der Waals surface area contributed by atoms with Crippen LogP contribution in [0.25, 0.3) is 0 Å². The number of urea groups is 1. The maximum Gasteiger partial charge on any atom is 0.317 e. The van der Waals surface area contributed by atoms with Crippen molar-refractivity contribution in [3.8, 4) is 0 Å². The first-order chi connectivity index (χ1) is 10.2. The van der Waals surface area contributed by atoms with Crippen molar-refractivity contribution in [2.24, 2.45) is 0 Å². The molecule has 0 bridgehead atoms. The number of nitrogens with zero attached hydrogens (tertiary/aromatic N) is 1. The molecule has 1 aliphatic rings. The summed E-state index contributed by atoms with van der Waals surface area (Å²) in [4.78, 5) is 13.8. The third-order valence-corrected chi connectivity index (χ3v) is 3.57. The Morgan fingerprint density at radius 1 is 1.48 bits per heavy atom. The van der Waals surface area contributed by atoms with E-state index in [0.29, 0.717) is 44.5 Å². The second kappa shape index (κ2) is 8.22. The average Bonchev–Trinajstić information content (AvgIpc) is 2.52. The number of nitrogens with one attached hydrogen (secondary N) is 1. The minimum absolute atomic E-state index is 0.0723. The van der Waals surface area contributed by atoms with Gasteiger partial charge in [0, 0.05) is 24.7 Å². The van der Waals surface area contributed by atoms with Crippen LogP contribution in [0.2, 0.25) is 5.02 Å². The van der Waals surface area contributed by atoms with Crippen LogP contribution in [0.1, 0.15) is 18.6 Å². The van der Waals surface area contributed by atoms with Crippen LogP contribution in [-0.4, -0.2) is 50.4 Å². The lowest BCUT2D eigenvalue weighted by Crippen LogP contribution is -2.47. The number of amides is 2. The molecule has 1 unspecified atom stereocenters. The zero-order valence-corrected chi connectivity index (χ0v) is 12.9. The number of carbonyl (C=O) groups excluding carboxylic acids is 1. The van der Waals surface area contributed by atoms with Crippen LogP contribution < -0.4 is 5.32 Å². The van der Waals surface area contributed by atoms with E-state index in [1.807, 2.05) is 31.2 Å². The highest BCUT2D eigenvalue weighted by atomic mass is 35.5. The van der Waals surface area contributed by atoms with Gasteiger partial charge in [-0.05, 0) is 24.6 Å². The highest BCUT2D eigenvalue weighted by molar-refractivity contribution is 6.30. The first kappa shape index (κ1) is 16.1. The number of morpholine rings is 1. The number of carbonyl (C=O) groups is 1. The standard InChI is InChI=1S/C15H21ClN2O3/c1-2-20-9-7-17-15(19)18-8-10-21-14(11-18)12-3-5-13(16)6-4-12/h3-6,14H,2,7-11H2,1H3,(H,17,19). The molecule has 2 rings (SSSR count). The molecule has 1 fully saturated rings. The second-order valence-corrected chi connectivity index (χ2v) is 5.22. The van der Waals surface area contributed by atoms with Crippen molar-refractivity contribution in [3.05, 3.63) is 34.9 Å². The molecular formula is C15H21ClN2O3. The number of benzene rings is 1. The maximum atomic E-state index is 12.1. The summed E-state index contributed by atoms with van der Waals surface area (Å²) in [6.45, 7) is 5.33. The largest absolute Gasteiger partial charge is 0.380 e. The molecule has 21 heavy (non-hydrogen) atoms. The van der Waals surface area contributed by atoms with Crippen molar-refractivity contribution in [1.29, 1.82) is 0 Å². The van der Waals surface area contributed by atoms with Gasteiger partial charge in [-0.1, -0.05) is 23.7 Å². The summed E-state index contributed by atoms with van der Waals surface area (Å²) < 4.78 is 10.9. The van der Waals surface area contributed by atoms with Crippen molar-refractivity contribution in [2.45, 2.75) is 13.0 Å². The molecule has 1 atom stereocenters. The molecule has 1 saturated heterocycles. The van der Waals surface area contributed by atoms with Gasteiger partial charge in [0.25, 0.3) is 0 Å². The summed E-state index contributed by atoms with van der Waals surface area (Å²) in [6.07, 6.45) is -0.103. The molecular weight excluding hydrogens is 292 g/mol. The Bertz CT molecular complexity index is 453. The van der Waals surface area contributed by atoms with Crippen molar-refractivity contribution in [1.82, 2.24) is 10.2 Å². The minimum atomic E-state index is -0.103. The molecule has 0 aliphatic carbocycles. The van der Waals surface area contributed by atoms with Crippen LogP contribution in [0.5, 0.6) is 0 Å². The molecule has 5 nitrogen and oxygen atoms in total. The summed E-state index contributed by atoms with van der Waals surface area (Å²) in [6, 6.07) is 7.47. The number of hydrogen-bond donors (Lipinski definition) is 1. The summed E-state index contributed by atoms with van der Waals surface area (Å²) in [7, 11) is 0. The van der Waals surface area contributed by atoms with Crippen molar-refractivity contribution in [3.63, 3.8) is 0 Å². The first-order valence-corrected chi connectivity index (χ1v) is 7.56. The molecule has 116 valence electrons. The minimum Gasteiger partial charge on any atom is -0.380 e. The number of hydrogen-bond acceptors (Lipinski definition) is 3. The molecule has 1 aromatic carbocycles. The van der Waals surface area contributed by atoms with E-state index in [4.69, 9.17) is 21.1 Å². The zero-order valence-electron chi connectivity index (χ0n) is 12.2. The predicted octanol–water partition coefficient (Wildman–Crippen LogP) is 2.46. The number of halogens is 1. The predicted molar refractivity (Wildman–Crippen MR) is 81.6 cm³/mol. The normalized spacial score (nSPS) is 18.6. The van der Waals surface area contributed by atoms with E-state index in [2.05, 4.69) is 5.32 Å². The van der Waals surface area contributed by atoms with Gasteiger partial charge >= 0.3 is 6.03 Å². The van der Waals surface area contributed by atoms with E-state index < -0.39 is 0 Å². The quantitative estimate of drug-likeness (QED) is 0.850. The van der Waals surface area contributed by atoms with Gasteiger partial charge in [0.05, 0.1) is 19.8 Å². The maximum absolute atomic E-state index is 12.1. The zero-order chi connectivity index (χ0) is 15.1. The van der Waals surface area contributed by atoms with Crippen LogP contribution in [0.3, 0.4) is 0 Å². The molecule has 1 aliphatic heterocycles. The van der Waals surface area contributed by atoms with Gasteiger partial charge in [-0.3, -0.25) is 0 Å². The molecule has 0 aromatic heterocycles. The average molecular weight is 313 g/mol. The summed E-state index contributed by atoms with van der Waals surface area (Å²) in [5.41, 5.74) is 1.03. The molecule has 0 radical (unpaired) electrons. The Hall–Kier alpha value is -1.30. The topological polar surface area (TPSA) is 50.8 Å². The fourth-order valence-corrected chi connectivity index (χ4v) is 2.33. The van der Waals surface area contributed by atoms with Crippen LogP contribution in [0.4, 0.5) is 4.79 Å². The highest BCUT2D eigenvalue weighted by Crippen LogP contribution is 2.23. The molecule has 1 aromatic rings. The van der Waals surface area contributed by atoms with Gasteiger partial charge in [0.2, 0.25) is 0 Å². The third kappa shape index (κ3) is 4.88. The Kier molecular flexibility index (Phi) is 6.29. The van der Waals surface area contributed by atoms with Gasteiger partial charge in [-0.25, -0.2) is 4.79 Å². The monoisotopic (exact) mass is 312 g/mol. The van der Waals surface area contributed by atoms with Gasteiger partial charge in [-0.2, -0.15) is 0 Å². The van der Waals surface area contributed by atoms with Crippen LogP contribution >= 0.6 is 11.6 Å². The van der Waals surface area contributed by atoms with Gasteiger partial charge in [0.1, 0.15) is 6.10 Å². The first-order valence-electron chi connectivity index (χ1n) is 7.18. The smallest absolute Gasteiger partial charge is 0.317 e. The molecule has 0 spiro atoms. The molecule has 1 heterocycles. The SMILES string of the molecule is CCOCCNC(=O)N1CCOC(c2ccc(Cl)cc2)C1. The van der Waals surface area contributed by atoms with E-state index in [0.717, 1.165) is 5.56 Å². The second-order valence-electron chi connectivity index (χ2n) is 4.79. The van der Waals surface area contributed by atoms with Crippen LogP contribution in [-0.2, 0) is 9.47 Å². The Morgan fingerprint density at radius 2 is 2.24 bits per heavy atom. The lowest BCUT2D eigenvalue weighted by atomic mass is 10.1. The fraction of sp³-hybridized carbons (Fsp3) is 0.533. The van der Waals surface area contributed by atoms with E-state index in [9.17, 15) is 4.79 Å². The van der Waals surface area contributed by atoms with E-state index in [1.165, 1.54) is 0 Å². The lowest BCUT2D eigenvalue weighted by molar-refractivity contribution is -0.0156. The molecule has 6 heteroatoms. The Labute approximate surface area is 130 Å². The van der Waals surface area contributed by atoms with Crippen LogP contribution in [0, 0.1) is 0 Å². The van der Waals surface area contributed by atoms with Crippen molar-refractivity contribution < 1.29 is 14.3 Å². The van der Waals surface area contributed by atoms with E-state index >= 15 is 0 Å². The summed E-state index contributed by atoms with van der Waals surface area (Å²) in [5.74, 6) is 0. The van der Waals surface area contributed by atoms with E-state index in [-0.39, 0.29) is 12.1 Å². The fourth-order valence-electron chi connectivity index (χ4n) is 2.20. The molecule has 0 saturated carbocycles. The summed E-state index contributed by atoms with van der Waals surface area (Å²) in [5, 5.41) is 3.55. The highest BCUT2D eigenvalue weighted by Gasteiger charge is 2.25. The Balaban J connectivity index is 1.85. The third-order valence-electron chi connectivity index (χ3n) is 3.32. The van der Waals surface area contributed by atoms with Crippen molar-refractivity contribution >= 4 is 17.6 Å².